The van der Waals surface area contributed by atoms with E-state index < -0.39 is 0 Å². The first-order valence-corrected chi connectivity index (χ1v) is 8.66. The van der Waals surface area contributed by atoms with Crippen molar-refractivity contribution in [2.75, 3.05) is 13.7 Å². The van der Waals surface area contributed by atoms with E-state index >= 15 is 0 Å². The zero-order chi connectivity index (χ0) is 18.4. The fourth-order valence-corrected chi connectivity index (χ4v) is 2.77. The van der Waals surface area contributed by atoms with Gasteiger partial charge in [0.25, 0.3) is 5.91 Å². The average molecular weight is 370 g/mol. The minimum Gasteiger partial charge on any atom is -0.375 e. The summed E-state index contributed by atoms with van der Waals surface area (Å²) in [6, 6.07) is 16.8. The van der Waals surface area contributed by atoms with Crippen molar-refractivity contribution in [1.29, 1.82) is 0 Å². The normalized spacial score (nSPS) is 11.9. The van der Waals surface area contributed by atoms with Gasteiger partial charge in [-0.15, -0.1) is 0 Å². The highest BCUT2D eigenvalue weighted by molar-refractivity contribution is 6.30. The summed E-state index contributed by atoms with van der Waals surface area (Å²) < 4.78 is 7.31. The predicted molar refractivity (Wildman–Crippen MR) is 101 cm³/mol. The van der Waals surface area contributed by atoms with Gasteiger partial charge < -0.3 is 10.1 Å². The lowest BCUT2D eigenvalue weighted by Gasteiger charge is -2.16. The molecule has 1 amide bonds. The molecule has 26 heavy (non-hydrogen) atoms. The van der Waals surface area contributed by atoms with Crippen LogP contribution in [0.1, 0.15) is 27.6 Å². The largest absolute Gasteiger partial charge is 0.375 e. The fourth-order valence-electron chi connectivity index (χ4n) is 2.64. The molecular weight excluding hydrogens is 350 g/mol. The van der Waals surface area contributed by atoms with Crippen LogP contribution < -0.4 is 5.32 Å². The second-order valence-electron chi connectivity index (χ2n) is 5.89. The molecule has 0 aliphatic rings. The molecule has 1 N–H and O–H groups in total. The van der Waals surface area contributed by atoms with Gasteiger partial charge in [-0.3, -0.25) is 9.48 Å². The molecule has 3 rings (SSSR count). The van der Waals surface area contributed by atoms with Crippen LogP contribution in [-0.2, 0) is 11.3 Å². The molecule has 3 aromatic rings. The van der Waals surface area contributed by atoms with Crippen molar-refractivity contribution in [2.45, 2.75) is 12.6 Å². The highest BCUT2D eigenvalue weighted by Gasteiger charge is 2.13. The number of aromatic nitrogens is 2. The lowest BCUT2D eigenvalue weighted by Crippen LogP contribution is -2.29. The van der Waals surface area contributed by atoms with Crippen molar-refractivity contribution in [1.82, 2.24) is 15.1 Å². The number of nitrogens with one attached hydrogen (secondary N) is 1. The second kappa shape index (κ2) is 8.65. The van der Waals surface area contributed by atoms with Gasteiger partial charge in [-0.25, -0.2) is 0 Å². The number of halogens is 1. The van der Waals surface area contributed by atoms with Crippen molar-refractivity contribution in [2.24, 2.45) is 0 Å². The van der Waals surface area contributed by atoms with E-state index in [1.165, 1.54) is 0 Å². The summed E-state index contributed by atoms with van der Waals surface area (Å²) in [5.41, 5.74) is 2.66. The molecule has 0 spiro atoms. The third kappa shape index (κ3) is 4.71. The fraction of sp³-hybridized carbons (Fsp3) is 0.200. The smallest absolute Gasteiger partial charge is 0.251 e. The summed E-state index contributed by atoms with van der Waals surface area (Å²) >= 11 is 5.91. The Morgan fingerprint density at radius 1 is 1.19 bits per heavy atom. The van der Waals surface area contributed by atoms with E-state index in [9.17, 15) is 4.79 Å². The standard InChI is InChI=1S/C20H20ClN3O2/c1-26-19(16-7-9-18(21)10-8-16)13-22-20(25)17-5-3-15(4-6-17)14-24-12-2-11-23-24/h2-12,19H,13-14H2,1H3,(H,22,25)/t19-/m1/s1. The maximum Gasteiger partial charge on any atom is 0.251 e. The highest BCUT2D eigenvalue weighted by Crippen LogP contribution is 2.18. The first kappa shape index (κ1) is 18.2. The number of hydrogen-bond acceptors (Lipinski definition) is 3. The number of carbonyl (C=O) groups is 1. The number of carbonyl (C=O) groups excluding carboxylic acids is 1. The Labute approximate surface area is 157 Å². The number of nitrogens with zero attached hydrogens (tertiary/aromatic N) is 2. The molecule has 5 nitrogen and oxygen atoms in total. The van der Waals surface area contributed by atoms with E-state index in [1.54, 1.807) is 13.3 Å². The van der Waals surface area contributed by atoms with E-state index in [2.05, 4.69) is 10.4 Å². The van der Waals surface area contributed by atoms with Gasteiger partial charge in [0.15, 0.2) is 0 Å². The van der Waals surface area contributed by atoms with E-state index in [4.69, 9.17) is 16.3 Å². The van der Waals surface area contributed by atoms with Gasteiger partial charge in [-0.1, -0.05) is 35.9 Å². The van der Waals surface area contributed by atoms with Crippen LogP contribution in [0.2, 0.25) is 5.02 Å². The third-order valence-electron chi connectivity index (χ3n) is 4.09. The van der Waals surface area contributed by atoms with Gasteiger partial charge in [0.2, 0.25) is 0 Å². The van der Waals surface area contributed by atoms with Crippen LogP contribution >= 0.6 is 11.6 Å². The van der Waals surface area contributed by atoms with Gasteiger partial charge in [-0.05, 0) is 41.5 Å². The molecule has 0 unspecified atom stereocenters. The molecule has 6 heteroatoms. The van der Waals surface area contributed by atoms with Gasteiger partial charge in [-0.2, -0.15) is 5.10 Å². The second-order valence-corrected chi connectivity index (χ2v) is 6.32. The van der Waals surface area contributed by atoms with E-state index in [0.717, 1.165) is 11.1 Å². The first-order chi connectivity index (χ1) is 12.7. The summed E-state index contributed by atoms with van der Waals surface area (Å²) in [6.07, 6.45) is 3.42. The predicted octanol–water partition coefficient (Wildman–Crippen LogP) is 3.70. The Kier molecular flexibility index (Phi) is 6.04. The molecule has 1 heterocycles. The number of ether oxygens (including phenoxy) is 1. The van der Waals surface area contributed by atoms with Crippen molar-refractivity contribution < 1.29 is 9.53 Å². The van der Waals surface area contributed by atoms with Gasteiger partial charge in [0, 0.05) is 36.6 Å². The van der Waals surface area contributed by atoms with Crippen LogP contribution in [0.3, 0.4) is 0 Å². The zero-order valence-electron chi connectivity index (χ0n) is 14.4. The maximum absolute atomic E-state index is 12.4. The summed E-state index contributed by atoms with van der Waals surface area (Å²) in [7, 11) is 1.62. The summed E-state index contributed by atoms with van der Waals surface area (Å²) in [4.78, 5) is 12.4. The molecule has 0 saturated carbocycles. The molecule has 0 aliphatic carbocycles. The highest BCUT2D eigenvalue weighted by atomic mass is 35.5. The van der Waals surface area contributed by atoms with Gasteiger partial charge in [0.1, 0.15) is 0 Å². The molecular formula is C20H20ClN3O2. The maximum atomic E-state index is 12.4. The van der Waals surface area contributed by atoms with Crippen molar-refractivity contribution >= 4 is 17.5 Å². The van der Waals surface area contributed by atoms with Crippen LogP contribution in [-0.4, -0.2) is 29.3 Å². The van der Waals surface area contributed by atoms with Gasteiger partial charge in [0.05, 0.1) is 12.6 Å². The SMILES string of the molecule is CO[C@H](CNC(=O)c1ccc(Cn2cccn2)cc1)c1ccc(Cl)cc1. The lowest BCUT2D eigenvalue weighted by atomic mass is 10.1. The summed E-state index contributed by atoms with van der Waals surface area (Å²) in [6.45, 7) is 1.06. The minimum absolute atomic E-state index is 0.133. The van der Waals surface area contributed by atoms with Crippen LogP contribution in [0.4, 0.5) is 0 Å². The monoisotopic (exact) mass is 369 g/mol. The molecule has 1 aromatic heterocycles. The molecule has 0 radical (unpaired) electrons. The Morgan fingerprint density at radius 2 is 1.92 bits per heavy atom. The Morgan fingerprint density at radius 3 is 2.54 bits per heavy atom. The van der Waals surface area contributed by atoms with E-state index in [1.807, 2.05) is 65.5 Å². The lowest BCUT2D eigenvalue weighted by molar-refractivity contribution is 0.0828. The number of hydrogen-bond donors (Lipinski definition) is 1. The molecule has 134 valence electrons. The van der Waals surface area contributed by atoms with E-state index in [0.29, 0.717) is 23.7 Å². The van der Waals surface area contributed by atoms with Crippen LogP contribution in [0.25, 0.3) is 0 Å². The topological polar surface area (TPSA) is 56.1 Å². The first-order valence-electron chi connectivity index (χ1n) is 8.28. The molecule has 0 fully saturated rings. The van der Waals surface area contributed by atoms with Crippen molar-refractivity contribution in [3.05, 3.63) is 88.7 Å². The van der Waals surface area contributed by atoms with Gasteiger partial charge >= 0.3 is 0 Å². The quantitative estimate of drug-likeness (QED) is 0.690. The molecule has 2 aromatic carbocycles. The van der Waals surface area contributed by atoms with Crippen LogP contribution in [0.15, 0.2) is 67.0 Å². The number of benzene rings is 2. The van der Waals surface area contributed by atoms with Crippen LogP contribution in [0, 0.1) is 0 Å². The minimum atomic E-state index is -0.227. The molecule has 1 atom stereocenters. The average Bonchev–Trinajstić information content (AvgIpc) is 3.17. The Hall–Kier alpha value is -2.63. The molecule has 0 aliphatic heterocycles. The Bertz CT molecular complexity index is 831. The molecule has 0 saturated heterocycles. The van der Waals surface area contributed by atoms with Crippen molar-refractivity contribution in [3.8, 4) is 0 Å². The molecule has 0 bridgehead atoms. The summed E-state index contributed by atoms with van der Waals surface area (Å²) in [5, 5.41) is 7.76. The number of methoxy groups -OCH3 is 1. The summed E-state index contributed by atoms with van der Waals surface area (Å²) in [5.74, 6) is -0.133. The Balaban J connectivity index is 1.57. The number of amides is 1. The zero-order valence-corrected chi connectivity index (χ0v) is 15.2. The van der Waals surface area contributed by atoms with E-state index in [-0.39, 0.29) is 12.0 Å². The van der Waals surface area contributed by atoms with Crippen LogP contribution in [0.5, 0.6) is 0 Å². The van der Waals surface area contributed by atoms with Crippen molar-refractivity contribution in [3.63, 3.8) is 0 Å². The third-order valence-corrected chi connectivity index (χ3v) is 4.35. The number of rotatable bonds is 7.